The van der Waals surface area contributed by atoms with Gasteiger partial charge in [0.15, 0.2) is 11.5 Å². The van der Waals surface area contributed by atoms with E-state index in [0.29, 0.717) is 11.8 Å². The Balaban J connectivity index is 3.02. The Labute approximate surface area is 124 Å². The summed E-state index contributed by atoms with van der Waals surface area (Å²) in [7, 11) is 1.42. The second kappa shape index (κ2) is 6.03. The predicted octanol–water partition coefficient (Wildman–Crippen LogP) is 2.34. The van der Waals surface area contributed by atoms with Crippen LogP contribution in [0.5, 0.6) is 11.5 Å². The SMILES string of the molecule is COc1ccc(C(C)(C=O)NC(=O)OC(C)(C)C)cc1O. The van der Waals surface area contributed by atoms with Gasteiger partial charge in [-0.2, -0.15) is 0 Å². The van der Waals surface area contributed by atoms with Crippen molar-refractivity contribution < 1.29 is 24.2 Å². The van der Waals surface area contributed by atoms with E-state index in [1.807, 2.05) is 0 Å². The molecule has 0 aliphatic rings. The molecule has 6 heteroatoms. The fourth-order valence-electron chi connectivity index (χ4n) is 1.70. The van der Waals surface area contributed by atoms with Crippen molar-refractivity contribution >= 4 is 12.4 Å². The molecule has 0 saturated heterocycles. The zero-order valence-corrected chi connectivity index (χ0v) is 12.9. The zero-order valence-electron chi connectivity index (χ0n) is 12.9. The maximum Gasteiger partial charge on any atom is 0.408 e. The molecule has 0 bridgehead atoms. The molecule has 1 amide bonds. The maximum absolute atomic E-state index is 11.8. The van der Waals surface area contributed by atoms with E-state index in [2.05, 4.69) is 5.32 Å². The van der Waals surface area contributed by atoms with Crippen molar-refractivity contribution in [2.75, 3.05) is 7.11 Å². The molecule has 1 aromatic carbocycles. The summed E-state index contributed by atoms with van der Waals surface area (Å²) in [6.45, 7) is 6.70. The Morgan fingerprint density at radius 3 is 2.33 bits per heavy atom. The molecule has 1 aromatic rings. The monoisotopic (exact) mass is 295 g/mol. The van der Waals surface area contributed by atoms with E-state index in [4.69, 9.17) is 9.47 Å². The molecule has 21 heavy (non-hydrogen) atoms. The van der Waals surface area contributed by atoms with Crippen LogP contribution in [0.15, 0.2) is 18.2 Å². The minimum atomic E-state index is -1.31. The number of aldehydes is 1. The number of aromatic hydroxyl groups is 1. The molecule has 116 valence electrons. The highest BCUT2D eigenvalue weighted by atomic mass is 16.6. The van der Waals surface area contributed by atoms with Gasteiger partial charge in [0.2, 0.25) is 0 Å². The number of nitrogens with one attached hydrogen (secondary N) is 1. The Morgan fingerprint density at radius 1 is 1.29 bits per heavy atom. The number of ether oxygens (including phenoxy) is 2. The summed E-state index contributed by atoms with van der Waals surface area (Å²) in [5.74, 6) is 0.165. The second-order valence-electron chi connectivity index (χ2n) is 5.83. The van der Waals surface area contributed by atoms with Crippen LogP contribution in [0.25, 0.3) is 0 Å². The van der Waals surface area contributed by atoms with Crippen LogP contribution < -0.4 is 10.1 Å². The van der Waals surface area contributed by atoms with E-state index >= 15 is 0 Å². The topological polar surface area (TPSA) is 84.9 Å². The summed E-state index contributed by atoms with van der Waals surface area (Å²) in [6, 6.07) is 4.47. The first-order valence-electron chi connectivity index (χ1n) is 6.46. The molecule has 6 nitrogen and oxygen atoms in total. The fourth-order valence-corrected chi connectivity index (χ4v) is 1.70. The van der Waals surface area contributed by atoms with Crippen LogP contribution in [0.3, 0.4) is 0 Å². The number of hydrogen-bond acceptors (Lipinski definition) is 5. The molecular weight excluding hydrogens is 274 g/mol. The molecule has 0 aliphatic carbocycles. The van der Waals surface area contributed by atoms with Crippen molar-refractivity contribution in [3.05, 3.63) is 23.8 Å². The second-order valence-corrected chi connectivity index (χ2v) is 5.83. The van der Waals surface area contributed by atoms with Crippen molar-refractivity contribution in [1.82, 2.24) is 5.32 Å². The largest absolute Gasteiger partial charge is 0.504 e. The van der Waals surface area contributed by atoms with Crippen LogP contribution in [-0.4, -0.2) is 30.2 Å². The summed E-state index contributed by atoms with van der Waals surface area (Å²) < 4.78 is 10.1. The molecule has 0 radical (unpaired) electrons. The fraction of sp³-hybridized carbons (Fsp3) is 0.467. The third kappa shape index (κ3) is 4.37. The van der Waals surface area contributed by atoms with Gasteiger partial charge in [-0.15, -0.1) is 0 Å². The van der Waals surface area contributed by atoms with Crippen molar-refractivity contribution in [2.45, 2.75) is 38.8 Å². The van der Waals surface area contributed by atoms with E-state index in [0.717, 1.165) is 0 Å². The van der Waals surface area contributed by atoms with Gasteiger partial charge in [-0.25, -0.2) is 4.79 Å². The van der Waals surface area contributed by atoms with Crippen LogP contribution in [0.1, 0.15) is 33.3 Å². The Bertz CT molecular complexity index is 535. The molecule has 1 unspecified atom stereocenters. The molecule has 1 rings (SSSR count). The Morgan fingerprint density at radius 2 is 1.90 bits per heavy atom. The lowest BCUT2D eigenvalue weighted by atomic mass is 9.93. The summed E-state index contributed by atoms with van der Waals surface area (Å²) in [5.41, 5.74) is -1.57. The maximum atomic E-state index is 11.8. The number of phenols is 1. The molecule has 0 aliphatic heterocycles. The van der Waals surface area contributed by atoms with Gasteiger partial charge in [-0.05, 0) is 45.4 Å². The molecule has 0 spiro atoms. The van der Waals surface area contributed by atoms with Crippen LogP contribution in [0.4, 0.5) is 4.79 Å². The van der Waals surface area contributed by atoms with Crippen LogP contribution in [0.2, 0.25) is 0 Å². The molecular formula is C15H21NO5. The van der Waals surface area contributed by atoms with E-state index in [9.17, 15) is 14.7 Å². The number of amides is 1. The standard InChI is InChI=1S/C15H21NO5/c1-14(2,3)21-13(19)16-15(4,9-17)10-6-7-12(20-5)11(18)8-10/h6-9,18H,1-5H3,(H,16,19). The van der Waals surface area contributed by atoms with Gasteiger partial charge in [0, 0.05) is 0 Å². The van der Waals surface area contributed by atoms with Crippen molar-refractivity contribution in [3.63, 3.8) is 0 Å². The number of methoxy groups -OCH3 is 1. The third-order valence-corrected chi connectivity index (χ3v) is 2.77. The average molecular weight is 295 g/mol. The van der Waals surface area contributed by atoms with Crippen LogP contribution >= 0.6 is 0 Å². The van der Waals surface area contributed by atoms with Gasteiger partial charge < -0.3 is 24.7 Å². The summed E-state index contributed by atoms with van der Waals surface area (Å²) in [6.07, 6.45) is -0.134. The number of carbonyl (C=O) groups excluding carboxylic acids is 2. The number of rotatable bonds is 4. The highest BCUT2D eigenvalue weighted by molar-refractivity contribution is 5.78. The first-order chi connectivity index (χ1) is 9.61. The first-order valence-corrected chi connectivity index (χ1v) is 6.46. The molecule has 0 fully saturated rings. The van der Waals surface area contributed by atoms with Crippen molar-refractivity contribution in [3.8, 4) is 11.5 Å². The normalized spacial score (nSPS) is 14.0. The van der Waals surface area contributed by atoms with Crippen LogP contribution in [0, 0.1) is 0 Å². The Kier molecular flexibility index (Phi) is 4.83. The third-order valence-electron chi connectivity index (χ3n) is 2.77. The van der Waals surface area contributed by atoms with E-state index in [1.54, 1.807) is 26.8 Å². The van der Waals surface area contributed by atoms with E-state index < -0.39 is 17.2 Å². The van der Waals surface area contributed by atoms with Gasteiger partial charge >= 0.3 is 6.09 Å². The molecule has 0 aromatic heterocycles. The van der Waals surface area contributed by atoms with Crippen molar-refractivity contribution in [2.24, 2.45) is 0 Å². The zero-order chi connectivity index (χ0) is 16.3. The average Bonchev–Trinajstić information content (AvgIpc) is 2.36. The van der Waals surface area contributed by atoms with Gasteiger partial charge in [-0.1, -0.05) is 6.07 Å². The van der Waals surface area contributed by atoms with Gasteiger partial charge in [-0.3, -0.25) is 0 Å². The molecule has 0 heterocycles. The van der Waals surface area contributed by atoms with E-state index in [-0.39, 0.29) is 11.5 Å². The van der Waals surface area contributed by atoms with Crippen LogP contribution in [-0.2, 0) is 15.1 Å². The quantitative estimate of drug-likeness (QED) is 0.833. The van der Waals surface area contributed by atoms with Gasteiger partial charge in [0.05, 0.1) is 7.11 Å². The van der Waals surface area contributed by atoms with E-state index in [1.165, 1.54) is 26.2 Å². The number of carbonyl (C=O) groups is 2. The van der Waals surface area contributed by atoms with Crippen molar-refractivity contribution in [1.29, 1.82) is 0 Å². The molecule has 1 atom stereocenters. The van der Waals surface area contributed by atoms with Gasteiger partial charge in [0.25, 0.3) is 0 Å². The first kappa shape index (κ1) is 16.8. The smallest absolute Gasteiger partial charge is 0.408 e. The number of phenolic OH excluding ortho intramolecular Hbond substituents is 1. The minimum Gasteiger partial charge on any atom is -0.504 e. The predicted molar refractivity (Wildman–Crippen MR) is 77.4 cm³/mol. The number of hydrogen-bond donors (Lipinski definition) is 2. The highest BCUT2D eigenvalue weighted by Crippen LogP contribution is 2.30. The summed E-state index contributed by atoms with van der Waals surface area (Å²) in [4.78, 5) is 23.2. The lowest BCUT2D eigenvalue weighted by Crippen LogP contribution is -2.46. The van der Waals surface area contributed by atoms with Gasteiger partial charge in [0.1, 0.15) is 17.4 Å². The number of alkyl carbamates (subject to hydrolysis) is 1. The highest BCUT2D eigenvalue weighted by Gasteiger charge is 2.31. The summed E-state index contributed by atoms with van der Waals surface area (Å²) >= 11 is 0. The Hall–Kier alpha value is -2.24. The lowest BCUT2D eigenvalue weighted by molar-refractivity contribution is -0.113. The number of benzene rings is 1. The lowest BCUT2D eigenvalue weighted by Gasteiger charge is -2.28. The minimum absolute atomic E-state index is 0.117. The summed E-state index contributed by atoms with van der Waals surface area (Å²) in [5, 5.41) is 12.3. The molecule has 2 N–H and O–H groups in total. The molecule has 0 saturated carbocycles.